The minimum absolute atomic E-state index is 0.0319. The molecule has 1 aliphatic rings. The van der Waals surface area contributed by atoms with E-state index in [0.717, 1.165) is 12.2 Å². The maximum absolute atomic E-state index is 11.3. The van der Waals surface area contributed by atoms with Gasteiger partial charge in [0.25, 0.3) is 6.04 Å². The fourth-order valence-corrected chi connectivity index (χ4v) is 2.87. The highest BCUT2D eigenvalue weighted by Crippen LogP contribution is 2.42. The van der Waals surface area contributed by atoms with Gasteiger partial charge in [-0.3, -0.25) is 40.5 Å². The van der Waals surface area contributed by atoms with Crippen LogP contribution >= 0.6 is 0 Å². The topological polar surface area (TPSA) is 173 Å². The summed E-state index contributed by atoms with van der Waals surface area (Å²) >= 11 is 0. The van der Waals surface area contributed by atoms with Crippen molar-refractivity contribution >= 4 is 0 Å². The van der Waals surface area contributed by atoms with Crippen molar-refractivity contribution in [1.82, 2.24) is 0 Å². The Morgan fingerprint density at radius 2 is 1.24 bits per heavy atom. The normalized spacial score (nSPS) is 19.1. The van der Waals surface area contributed by atoms with Gasteiger partial charge >= 0.3 is 5.79 Å². The van der Waals surface area contributed by atoms with E-state index in [2.05, 4.69) is 0 Å². The van der Waals surface area contributed by atoms with Gasteiger partial charge in [-0.25, -0.2) is 0 Å². The van der Waals surface area contributed by atoms with Gasteiger partial charge in [0.2, 0.25) is 5.92 Å². The number of nitro groups is 4. The van der Waals surface area contributed by atoms with Gasteiger partial charge in [0.15, 0.2) is 14.8 Å². The van der Waals surface area contributed by atoms with E-state index >= 15 is 0 Å². The number of hydrogen-bond donors (Lipinski definition) is 0. The van der Waals surface area contributed by atoms with E-state index in [4.69, 9.17) is 0 Å². The minimum Gasteiger partial charge on any atom is -0.264 e. The Morgan fingerprint density at radius 1 is 0.800 bits per heavy atom. The van der Waals surface area contributed by atoms with Crippen LogP contribution in [0.4, 0.5) is 0 Å². The Balaban J connectivity index is 2.85. The van der Waals surface area contributed by atoms with Crippen molar-refractivity contribution in [3.63, 3.8) is 0 Å². The van der Waals surface area contributed by atoms with Crippen LogP contribution < -0.4 is 0 Å². The molecule has 0 saturated heterocycles. The molecule has 0 spiro atoms. The first-order chi connectivity index (χ1) is 11.5. The fraction of sp³-hybridized carbons (Fsp3) is 0.385. The maximum atomic E-state index is 11.3. The van der Waals surface area contributed by atoms with E-state index in [-0.39, 0.29) is 11.1 Å². The summed E-state index contributed by atoms with van der Waals surface area (Å²) in [7, 11) is 0. The van der Waals surface area contributed by atoms with Gasteiger partial charge in [-0.1, -0.05) is 12.1 Å². The third-order valence-corrected chi connectivity index (χ3v) is 4.29. The van der Waals surface area contributed by atoms with Crippen molar-refractivity contribution in [2.45, 2.75) is 31.6 Å². The third-order valence-electron chi connectivity index (χ3n) is 4.29. The molecular weight excluding hydrogens is 340 g/mol. The Labute approximate surface area is 139 Å². The first-order valence-electron chi connectivity index (χ1n) is 6.91. The van der Waals surface area contributed by atoms with Crippen LogP contribution in [0.3, 0.4) is 0 Å². The van der Waals surface area contributed by atoms with E-state index in [1.165, 1.54) is 12.1 Å². The highest BCUT2D eigenvalue weighted by Gasteiger charge is 2.76. The fourth-order valence-electron chi connectivity index (χ4n) is 2.87. The molecule has 132 valence electrons. The molecule has 0 saturated carbocycles. The SMILES string of the molecule is Cc1cc2c(cc1C)[C@@H](C([N+](=O)[O-])([N+](=O)[O-])[N+](=O)[O-])C=C[C@H]2[N+](=O)[O-]. The number of nitrogens with zero attached hydrogens (tertiary/aromatic N) is 4. The van der Waals surface area contributed by atoms with Gasteiger partial charge in [0, 0.05) is 10.5 Å². The maximum Gasteiger partial charge on any atom is 0.710 e. The predicted molar refractivity (Wildman–Crippen MR) is 81.2 cm³/mol. The Kier molecular flexibility index (Phi) is 4.22. The second kappa shape index (κ2) is 5.89. The van der Waals surface area contributed by atoms with Gasteiger partial charge in [-0.2, -0.15) is 0 Å². The molecule has 0 heterocycles. The zero-order valence-electron chi connectivity index (χ0n) is 13.0. The average Bonchev–Trinajstić information content (AvgIpc) is 2.48. The molecule has 0 radical (unpaired) electrons. The van der Waals surface area contributed by atoms with Crippen molar-refractivity contribution in [3.05, 3.63) is 87.0 Å². The van der Waals surface area contributed by atoms with Crippen LogP contribution in [0.5, 0.6) is 0 Å². The molecule has 1 aromatic carbocycles. The number of benzene rings is 1. The van der Waals surface area contributed by atoms with E-state index < -0.39 is 37.4 Å². The molecule has 0 fully saturated rings. The van der Waals surface area contributed by atoms with Crippen LogP contribution in [0.2, 0.25) is 0 Å². The summed E-state index contributed by atoms with van der Waals surface area (Å²) in [4.78, 5) is 39.8. The third kappa shape index (κ3) is 2.47. The van der Waals surface area contributed by atoms with Crippen LogP contribution in [0.25, 0.3) is 0 Å². The summed E-state index contributed by atoms with van der Waals surface area (Å²) in [6.07, 6.45) is 1.71. The predicted octanol–water partition coefficient (Wildman–Crippen LogP) is 1.76. The van der Waals surface area contributed by atoms with Gasteiger partial charge < -0.3 is 0 Å². The largest absolute Gasteiger partial charge is 0.710 e. The summed E-state index contributed by atoms with van der Waals surface area (Å²) in [5.74, 6) is -5.66. The number of fused-ring (bicyclic) bond motifs is 1. The second-order valence-corrected chi connectivity index (χ2v) is 5.62. The summed E-state index contributed by atoms with van der Waals surface area (Å²) in [5.41, 5.74) is 0.964. The molecule has 0 N–H and O–H groups in total. The molecule has 0 amide bonds. The molecule has 12 heteroatoms. The number of hydrogen-bond acceptors (Lipinski definition) is 8. The Bertz CT molecular complexity index is 798. The monoisotopic (exact) mass is 352 g/mol. The van der Waals surface area contributed by atoms with Crippen molar-refractivity contribution < 1.29 is 19.7 Å². The second-order valence-electron chi connectivity index (χ2n) is 5.62. The lowest BCUT2D eigenvalue weighted by Crippen LogP contribution is -2.57. The highest BCUT2D eigenvalue weighted by atomic mass is 16.7. The molecular formula is C13H12N4O8. The molecule has 2 rings (SSSR count). The quantitative estimate of drug-likeness (QED) is 0.333. The Morgan fingerprint density at radius 3 is 1.64 bits per heavy atom. The average molecular weight is 352 g/mol. The number of aryl methyl sites for hydroxylation is 2. The van der Waals surface area contributed by atoms with Crippen molar-refractivity contribution in [1.29, 1.82) is 0 Å². The first kappa shape index (κ1) is 17.9. The van der Waals surface area contributed by atoms with Crippen LogP contribution in [0.1, 0.15) is 34.2 Å². The summed E-state index contributed by atoms with van der Waals surface area (Å²) in [6, 6.07) is 1.27. The molecule has 0 aromatic heterocycles. The summed E-state index contributed by atoms with van der Waals surface area (Å²) in [6.45, 7) is 3.24. The zero-order valence-corrected chi connectivity index (χ0v) is 13.0. The zero-order chi connectivity index (χ0) is 19.1. The van der Waals surface area contributed by atoms with Crippen molar-refractivity contribution in [2.24, 2.45) is 0 Å². The van der Waals surface area contributed by atoms with Crippen molar-refractivity contribution in [3.8, 4) is 0 Å². The standard InChI is InChI=1S/C13H12N4O8/c1-7-5-9-10(6-8(7)2)12(14(18)19)4-3-11(9)13(15(20)21,16(22)23)17(24)25/h3-6,11-12H,1-2H3/t11-,12+/m0/s1. The van der Waals surface area contributed by atoms with Gasteiger partial charge in [-0.05, 0) is 42.7 Å². The Hall–Kier alpha value is -3.44. The minimum atomic E-state index is -3.77. The van der Waals surface area contributed by atoms with E-state index in [0.29, 0.717) is 11.1 Å². The summed E-state index contributed by atoms with van der Waals surface area (Å²) < 4.78 is 0. The van der Waals surface area contributed by atoms with Crippen LogP contribution in [0.15, 0.2) is 24.3 Å². The van der Waals surface area contributed by atoms with Crippen LogP contribution in [-0.2, 0) is 0 Å². The molecule has 1 aliphatic carbocycles. The van der Waals surface area contributed by atoms with Gasteiger partial charge in [0.1, 0.15) is 0 Å². The van der Waals surface area contributed by atoms with Crippen LogP contribution in [0, 0.1) is 54.3 Å². The van der Waals surface area contributed by atoms with E-state index in [1.54, 1.807) is 13.8 Å². The lowest BCUT2D eigenvalue weighted by molar-refractivity contribution is -0.972. The lowest BCUT2D eigenvalue weighted by Gasteiger charge is -2.24. The molecule has 0 unspecified atom stereocenters. The molecule has 0 aliphatic heterocycles. The van der Waals surface area contributed by atoms with Crippen molar-refractivity contribution in [2.75, 3.05) is 0 Å². The van der Waals surface area contributed by atoms with Gasteiger partial charge in [-0.15, -0.1) is 0 Å². The smallest absolute Gasteiger partial charge is 0.264 e. The number of rotatable bonds is 5. The first-order valence-corrected chi connectivity index (χ1v) is 6.91. The van der Waals surface area contributed by atoms with Gasteiger partial charge in [0.05, 0.1) is 0 Å². The molecule has 25 heavy (non-hydrogen) atoms. The molecule has 2 atom stereocenters. The van der Waals surface area contributed by atoms with E-state index in [1.807, 2.05) is 0 Å². The molecule has 12 nitrogen and oxygen atoms in total. The highest BCUT2D eigenvalue weighted by molar-refractivity contribution is 5.46. The molecule has 1 aromatic rings. The molecule has 0 bridgehead atoms. The van der Waals surface area contributed by atoms with Crippen LogP contribution in [-0.4, -0.2) is 25.5 Å². The lowest BCUT2D eigenvalue weighted by atomic mass is 9.80. The summed E-state index contributed by atoms with van der Waals surface area (Å²) in [5, 5.41) is 45.2. The van der Waals surface area contributed by atoms with E-state index in [9.17, 15) is 40.5 Å².